The smallest absolute Gasteiger partial charge is 0.221 e. The number of halogens is 1. The van der Waals surface area contributed by atoms with E-state index in [4.69, 9.17) is 11.6 Å². The highest BCUT2D eigenvalue weighted by Crippen LogP contribution is 1.93. The van der Waals surface area contributed by atoms with Crippen molar-refractivity contribution in [1.82, 2.24) is 0 Å². The van der Waals surface area contributed by atoms with Crippen molar-refractivity contribution in [2.45, 2.75) is 6.92 Å². The second-order valence-electron chi connectivity index (χ2n) is 1.27. The van der Waals surface area contributed by atoms with E-state index in [0.717, 1.165) is 0 Å². The molecular weight excluding hydrogens is 124 g/mol. The Morgan fingerprint density at radius 2 is 2.12 bits per heavy atom. The molecule has 0 heterocycles. The number of hydrogen-bond donors (Lipinski definition) is 0. The number of nitrogens with zero attached hydrogens (tertiary/aromatic N) is 2. The molecule has 3 heteroatoms. The maximum Gasteiger partial charge on any atom is 0.221 e. The first-order valence-electron chi connectivity index (χ1n) is 2.03. The summed E-state index contributed by atoms with van der Waals surface area (Å²) < 4.78 is 0. The zero-order valence-electron chi connectivity index (χ0n) is 4.69. The molecule has 0 amide bonds. The second-order valence-corrected chi connectivity index (χ2v) is 1.61. The van der Waals surface area contributed by atoms with Gasteiger partial charge in [-0.05, 0) is 25.2 Å². The second kappa shape index (κ2) is 3.38. The van der Waals surface area contributed by atoms with Crippen LogP contribution in [-0.4, -0.2) is 12.0 Å². The highest BCUT2D eigenvalue weighted by atomic mass is 35.5. The van der Waals surface area contributed by atoms with Gasteiger partial charge in [0.15, 0.2) is 0 Å². The monoisotopic (exact) mass is 130 g/mol. The summed E-state index contributed by atoms with van der Waals surface area (Å²) in [5.41, 5.74) is 0.627. The molecule has 0 aliphatic rings. The fourth-order valence-corrected chi connectivity index (χ4v) is 0.337. The van der Waals surface area contributed by atoms with Crippen molar-refractivity contribution in [2.24, 2.45) is 9.98 Å². The molecule has 0 saturated carbocycles. The van der Waals surface area contributed by atoms with Crippen LogP contribution in [0.15, 0.2) is 22.3 Å². The number of hydrogen-bond acceptors (Lipinski definition) is 1. The molecule has 44 valence electrons. The van der Waals surface area contributed by atoms with Gasteiger partial charge in [-0.25, -0.2) is 9.98 Å². The molecule has 0 aromatic heterocycles. The summed E-state index contributed by atoms with van der Waals surface area (Å²) in [7, 11) is 0. The predicted molar refractivity (Wildman–Crippen MR) is 37.7 cm³/mol. The molecule has 0 aromatic carbocycles. The van der Waals surface area contributed by atoms with Crippen LogP contribution in [-0.2, 0) is 0 Å². The zero-order chi connectivity index (χ0) is 6.57. The van der Waals surface area contributed by atoms with Crippen molar-refractivity contribution in [3.05, 3.63) is 12.3 Å². The van der Waals surface area contributed by atoms with Crippen LogP contribution in [0.5, 0.6) is 0 Å². The summed E-state index contributed by atoms with van der Waals surface area (Å²) in [5.74, 6) is 0. The lowest BCUT2D eigenvalue weighted by Crippen LogP contribution is -1.77. The third-order valence-electron chi connectivity index (χ3n) is 0.414. The van der Waals surface area contributed by atoms with Gasteiger partial charge in [-0.1, -0.05) is 6.58 Å². The van der Waals surface area contributed by atoms with E-state index in [2.05, 4.69) is 23.3 Å². The number of aliphatic imine (C=N–C) groups is 2. The van der Waals surface area contributed by atoms with Gasteiger partial charge in [-0.3, -0.25) is 0 Å². The highest BCUT2D eigenvalue weighted by molar-refractivity contribution is 6.65. The van der Waals surface area contributed by atoms with E-state index in [0.29, 0.717) is 5.70 Å². The minimum Gasteiger partial charge on any atom is -0.234 e. The fraction of sp³-hybridized carbons (Fsp3) is 0.200. The molecule has 0 unspecified atom stereocenters. The minimum absolute atomic E-state index is 0.137. The largest absolute Gasteiger partial charge is 0.234 e. The van der Waals surface area contributed by atoms with Crippen molar-refractivity contribution in [3.63, 3.8) is 0 Å². The standard InChI is InChI=1S/C5H7ClN2/c1-4(2)8-5(6)7-3/h1,3H2,2H3/b8-5-. The van der Waals surface area contributed by atoms with Crippen LogP contribution in [0.4, 0.5) is 0 Å². The summed E-state index contributed by atoms with van der Waals surface area (Å²) in [6.07, 6.45) is 0. The Bertz CT molecular complexity index is 137. The van der Waals surface area contributed by atoms with Crippen molar-refractivity contribution in [2.75, 3.05) is 0 Å². The van der Waals surface area contributed by atoms with Crippen LogP contribution in [0.2, 0.25) is 0 Å². The topological polar surface area (TPSA) is 24.7 Å². The number of allylic oxidation sites excluding steroid dienone is 1. The van der Waals surface area contributed by atoms with Gasteiger partial charge < -0.3 is 0 Å². The molecular formula is C5H7ClN2. The van der Waals surface area contributed by atoms with Gasteiger partial charge in [0.1, 0.15) is 0 Å². The molecule has 0 aliphatic heterocycles. The maximum atomic E-state index is 5.32. The third-order valence-corrected chi connectivity index (χ3v) is 0.618. The quantitative estimate of drug-likeness (QED) is 0.294. The van der Waals surface area contributed by atoms with Crippen molar-refractivity contribution >= 4 is 23.6 Å². The lowest BCUT2D eigenvalue weighted by atomic mass is 10.6. The van der Waals surface area contributed by atoms with Gasteiger partial charge in [0, 0.05) is 5.70 Å². The van der Waals surface area contributed by atoms with Crippen LogP contribution < -0.4 is 0 Å². The summed E-state index contributed by atoms with van der Waals surface area (Å²) in [6.45, 7) is 8.37. The van der Waals surface area contributed by atoms with Gasteiger partial charge in [-0.2, -0.15) is 0 Å². The van der Waals surface area contributed by atoms with Crippen molar-refractivity contribution in [3.8, 4) is 0 Å². The predicted octanol–water partition coefficient (Wildman–Crippen LogP) is 1.82. The molecule has 0 saturated heterocycles. The Labute approximate surface area is 53.6 Å². The average molecular weight is 131 g/mol. The Morgan fingerprint density at radius 1 is 1.62 bits per heavy atom. The number of rotatable bonds is 1. The van der Waals surface area contributed by atoms with E-state index in [1.807, 2.05) is 0 Å². The summed E-state index contributed by atoms with van der Waals surface area (Å²) >= 11 is 5.32. The van der Waals surface area contributed by atoms with E-state index in [1.54, 1.807) is 6.92 Å². The zero-order valence-corrected chi connectivity index (χ0v) is 5.44. The molecule has 0 N–H and O–H groups in total. The molecule has 0 atom stereocenters. The van der Waals surface area contributed by atoms with Gasteiger partial charge in [0.05, 0.1) is 0 Å². The minimum atomic E-state index is 0.137. The van der Waals surface area contributed by atoms with E-state index in [1.165, 1.54) is 0 Å². The van der Waals surface area contributed by atoms with E-state index < -0.39 is 0 Å². The van der Waals surface area contributed by atoms with E-state index >= 15 is 0 Å². The van der Waals surface area contributed by atoms with Crippen LogP contribution >= 0.6 is 11.6 Å². The molecule has 0 spiro atoms. The Morgan fingerprint density at radius 3 is 2.25 bits per heavy atom. The van der Waals surface area contributed by atoms with Crippen LogP contribution in [0, 0.1) is 0 Å². The van der Waals surface area contributed by atoms with Gasteiger partial charge in [-0.15, -0.1) is 0 Å². The molecule has 0 bridgehead atoms. The molecule has 0 fully saturated rings. The molecule has 0 aliphatic carbocycles. The first-order chi connectivity index (χ1) is 3.66. The van der Waals surface area contributed by atoms with Gasteiger partial charge in [0.2, 0.25) is 5.29 Å². The lowest BCUT2D eigenvalue weighted by Gasteiger charge is -1.84. The van der Waals surface area contributed by atoms with Crippen LogP contribution in [0.1, 0.15) is 6.92 Å². The summed E-state index contributed by atoms with van der Waals surface area (Å²) in [5, 5.41) is 0.137. The lowest BCUT2D eigenvalue weighted by molar-refractivity contribution is 1.32. The van der Waals surface area contributed by atoms with Crippen molar-refractivity contribution < 1.29 is 0 Å². The SMILES string of the molecule is C=N/C(Cl)=N\C(=C)C. The van der Waals surface area contributed by atoms with E-state index in [-0.39, 0.29) is 5.29 Å². The van der Waals surface area contributed by atoms with Crippen LogP contribution in [0.25, 0.3) is 0 Å². The van der Waals surface area contributed by atoms with Crippen LogP contribution in [0.3, 0.4) is 0 Å². The summed E-state index contributed by atoms with van der Waals surface area (Å²) in [6, 6.07) is 0. The normalized spacial score (nSPS) is 11.0. The Kier molecular flexibility index (Phi) is 3.12. The van der Waals surface area contributed by atoms with Crippen molar-refractivity contribution in [1.29, 1.82) is 0 Å². The highest BCUT2D eigenvalue weighted by Gasteiger charge is 1.82. The molecule has 2 nitrogen and oxygen atoms in total. The Hall–Kier alpha value is -0.630. The number of amidine groups is 1. The van der Waals surface area contributed by atoms with Gasteiger partial charge >= 0.3 is 0 Å². The molecule has 8 heavy (non-hydrogen) atoms. The first kappa shape index (κ1) is 7.37. The maximum absolute atomic E-state index is 5.32. The Balaban J connectivity index is 3.94. The molecule has 0 radical (unpaired) electrons. The first-order valence-corrected chi connectivity index (χ1v) is 2.41. The molecule has 0 aromatic rings. The summed E-state index contributed by atoms with van der Waals surface area (Å²) in [4.78, 5) is 6.99. The van der Waals surface area contributed by atoms with Gasteiger partial charge in [0.25, 0.3) is 0 Å². The molecule has 0 rings (SSSR count). The third kappa shape index (κ3) is 3.56. The van der Waals surface area contributed by atoms with E-state index in [9.17, 15) is 0 Å². The average Bonchev–Trinajstić information content (AvgIpc) is 1.65. The fourth-order valence-electron chi connectivity index (χ4n) is 0.193.